The fourth-order valence-electron chi connectivity index (χ4n) is 0.994. The van der Waals surface area contributed by atoms with Gasteiger partial charge < -0.3 is 0 Å². The Morgan fingerprint density at radius 3 is 2.64 bits per heavy atom. The minimum absolute atomic E-state index is 0. The predicted molar refractivity (Wildman–Crippen MR) is 45.6 cm³/mol. The van der Waals surface area contributed by atoms with E-state index in [1.54, 1.807) is 0 Å². The second-order valence-electron chi connectivity index (χ2n) is 2.61. The van der Waals surface area contributed by atoms with Gasteiger partial charge in [-0.05, 0) is 0 Å². The van der Waals surface area contributed by atoms with Gasteiger partial charge in [-0.15, -0.1) is 12.4 Å². The molecule has 1 rings (SSSR count). The molecule has 0 radical (unpaired) electrons. The average Bonchev–Trinajstić information content (AvgIpc) is 1.87. The largest absolute Gasteiger partial charge is 0.147 e. The molecule has 0 saturated carbocycles. The van der Waals surface area contributed by atoms with E-state index in [1.165, 1.54) is 3.58 Å². The molecule has 0 fully saturated rings. The third kappa shape index (κ3) is 2.76. The van der Waals surface area contributed by atoms with Crippen LogP contribution in [-0.2, 0) is 0 Å². The molecule has 1 aliphatic carbocycles. The molecule has 1 unspecified atom stereocenters. The number of alkyl halides is 1. The van der Waals surface area contributed by atoms with Gasteiger partial charge in [0.1, 0.15) is 0 Å². The van der Waals surface area contributed by atoms with Crippen LogP contribution in [0.2, 0.25) is 0 Å². The smallest absolute Gasteiger partial charge is 0.147 e. The molecule has 0 heterocycles. The quantitative estimate of drug-likeness (QED) is 0.471. The monoisotopic (exact) mass is 287 g/mol. The van der Waals surface area contributed by atoms with Gasteiger partial charge in [-0.2, -0.15) is 0 Å². The predicted octanol–water partition coefficient (Wildman–Crippen LogP) is -1.28. The van der Waals surface area contributed by atoms with Crippen LogP contribution in [0.3, 0.4) is 0 Å². The van der Waals surface area contributed by atoms with Gasteiger partial charge in [-0.1, -0.05) is 0 Å². The molecule has 66 valence electrons. The Hall–Kier alpha value is 0.460. The van der Waals surface area contributed by atoms with Gasteiger partial charge in [0, 0.05) is 0 Å². The van der Waals surface area contributed by atoms with Crippen LogP contribution in [0.4, 0.5) is 0 Å². The topological polar surface area (TPSA) is 20.2 Å². The molecule has 11 heavy (non-hydrogen) atoms. The van der Waals surface area contributed by atoms with E-state index >= 15 is 0 Å². The first-order valence-corrected chi connectivity index (χ1v) is 6.49. The summed E-state index contributed by atoms with van der Waals surface area (Å²) in [5.41, 5.74) is -0.531. The molecule has 1 nitrogen and oxygen atoms in total. The van der Waals surface area contributed by atoms with Crippen LogP contribution in [0, 0.1) is 0 Å². The third-order valence-electron chi connectivity index (χ3n) is 1.61. The van der Waals surface area contributed by atoms with Gasteiger partial charge in [0.05, 0.1) is 0 Å². The third-order valence-corrected chi connectivity index (χ3v) is 4.30. The fraction of sp³-hybridized carbons (Fsp3) is 0.500. The van der Waals surface area contributed by atoms with Gasteiger partial charge in [0.2, 0.25) is 0 Å². The van der Waals surface area contributed by atoms with Crippen LogP contribution in [-0.4, -0.2) is 15.6 Å². The van der Waals surface area contributed by atoms with Crippen molar-refractivity contribution < 1.29 is 26.3 Å². The molecule has 0 bridgehead atoms. The van der Waals surface area contributed by atoms with Crippen LogP contribution in [0.1, 0.15) is 13.3 Å². The van der Waals surface area contributed by atoms with Crippen LogP contribution >= 0.6 is 12.4 Å². The van der Waals surface area contributed by atoms with E-state index in [1.807, 2.05) is 19.1 Å². The molecule has 0 aromatic rings. The normalized spacial score (nSPS) is 29.5. The number of allylic oxidation sites excluding steroid dienone is 2. The number of aliphatic hydroxyl groups is 1. The van der Waals surface area contributed by atoms with Crippen molar-refractivity contribution >= 4 is 12.4 Å². The molecule has 3 heteroatoms. The van der Waals surface area contributed by atoms with Gasteiger partial charge in [-0.3, -0.25) is 0 Å². The Balaban J connectivity index is 0.000001000. The summed E-state index contributed by atoms with van der Waals surface area (Å²) in [7, 11) is 0. The maximum atomic E-state index is 9.74. The molecule has 0 aliphatic heterocycles. The van der Waals surface area contributed by atoms with Crippen molar-refractivity contribution in [3.05, 3.63) is 21.8 Å². The Labute approximate surface area is 84.2 Å². The van der Waals surface area contributed by atoms with Crippen molar-refractivity contribution in [1.82, 2.24) is 0 Å². The summed E-state index contributed by atoms with van der Waals surface area (Å²) in [5.74, 6) is 0. The van der Waals surface area contributed by atoms with E-state index in [0.717, 1.165) is 6.42 Å². The summed E-state index contributed by atoms with van der Waals surface area (Å²) in [6, 6.07) is 0. The first kappa shape index (κ1) is 11.5. The summed E-state index contributed by atoms with van der Waals surface area (Å²) in [6.45, 7) is 1.89. The molecule has 1 atom stereocenters. The number of hydrogen-bond acceptors (Lipinski definition) is 1. The minimum atomic E-state index is -0.531. The zero-order valence-electron chi connectivity index (χ0n) is 6.67. The first-order chi connectivity index (χ1) is 4.67. The number of hydrogen-bond donors (Lipinski definition) is 1. The van der Waals surface area contributed by atoms with Gasteiger partial charge >= 0.3 is 72.0 Å². The van der Waals surface area contributed by atoms with Gasteiger partial charge in [0.15, 0.2) is 0 Å². The zero-order valence-corrected chi connectivity index (χ0v) is 9.65. The van der Waals surface area contributed by atoms with Crippen molar-refractivity contribution in [3.63, 3.8) is 0 Å². The van der Waals surface area contributed by atoms with E-state index < -0.39 is 5.60 Å². The molecule has 1 N–H and O–H groups in total. The molecule has 0 amide bonds. The van der Waals surface area contributed by atoms with Crippen molar-refractivity contribution in [2.45, 2.75) is 18.9 Å². The Kier molecular flexibility index (Phi) is 4.66. The average molecular weight is 288 g/mol. The van der Waals surface area contributed by atoms with Crippen LogP contribution in [0.25, 0.3) is 0 Å². The summed E-state index contributed by atoms with van der Waals surface area (Å²) < 4.78 is 1.24. The molecule has 0 spiro atoms. The van der Waals surface area contributed by atoms with E-state index in [2.05, 4.69) is 11.0 Å². The van der Waals surface area contributed by atoms with E-state index in [0.29, 0.717) is 0 Å². The number of halogens is 2. The Bertz CT molecular complexity index is 185. The second kappa shape index (κ2) is 4.48. The fourth-order valence-corrected chi connectivity index (χ4v) is 2.94. The summed E-state index contributed by atoms with van der Waals surface area (Å²) in [4.78, 5) is 2.18. The van der Waals surface area contributed by atoms with Crippen LogP contribution in [0.15, 0.2) is 21.8 Å². The Morgan fingerprint density at radius 2 is 2.27 bits per heavy atom. The molecular formula is C8H13ClIO-. The van der Waals surface area contributed by atoms with E-state index in [4.69, 9.17) is 0 Å². The van der Waals surface area contributed by atoms with Crippen LogP contribution in [0.5, 0.6) is 0 Å². The summed E-state index contributed by atoms with van der Waals surface area (Å²) in [6.07, 6.45) is 6.89. The minimum Gasteiger partial charge on any atom is -0.147 e. The molecular weight excluding hydrogens is 274 g/mol. The van der Waals surface area contributed by atoms with E-state index in [9.17, 15) is 5.11 Å². The standard InChI is InChI=1S/C8H12IO.ClH/c1-8(10)6-4-3-5-7(8)9-2;/h3-5,10H,6H2,1-2H3;1H/q-1;. The van der Waals surface area contributed by atoms with E-state index in [-0.39, 0.29) is 33.6 Å². The maximum absolute atomic E-state index is 9.74. The van der Waals surface area contributed by atoms with Crippen molar-refractivity contribution in [2.75, 3.05) is 4.93 Å². The number of rotatable bonds is 1. The maximum Gasteiger partial charge on any atom is -0.147 e. The second-order valence-corrected chi connectivity index (χ2v) is 4.85. The molecule has 0 aromatic carbocycles. The molecule has 0 saturated heterocycles. The van der Waals surface area contributed by atoms with Crippen LogP contribution < -0.4 is 21.2 Å². The SMILES string of the molecule is C[I-]C1=CC=CCC1(C)O.Cl. The van der Waals surface area contributed by atoms with Crippen molar-refractivity contribution in [3.8, 4) is 0 Å². The first-order valence-electron chi connectivity index (χ1n) is 3.26. The zero-order chi connectivity index (χ0) is 7.61. The Morgan fingerprint density at radius 1 is 1.64 bits per heavy atom. The van der Waals surface area contributed by atoms with Crippen molar-refractivity contribution in [1.29, 1.82) is 0 Å². The van der Waals surface area contributed by atoms with Gasteiger partial charge in [0.25, 0.3) is 0 Å². The molecule has 1 aliphatic rings. The summed E-state index contributed by atoms with van der Waals surface area (Å²) >= 11 is 0.0564. The summed E-state index contributed by atoms with van der Waals surface area (Å²) in [5, 5.41) is 9.74. The van der Waals surface area contributed by atoms with Gasteiger partial charge in [-0.25, -0.2) is 0 Å². The van der Waals surface area contributed by atoms with Crippen molar-refractivity contribution in [2.24, 2.45) is 0 Å². The molecule has 0 aromatic heterocycles.